The van der Waals surface area contributed by atoms with E-state index in [1.807, 2.05) is 0 Å². The van der Waals surface area contributed by atoms with Crippen molar-refractivity contribution < 1.29 is 0 Å². The lowest BCUT2D eigenvalue weighted by molar-refractivity contribution is 0.206. The van der Waals surface area contributed by atoms with Gasteiger partial charge in [0.05, 0.1) is 0 Å². The third kappa shape index (κ3) is 5.95. The molecule has 1 aromatic rings. The molecule has 202 valence electrons. The van der Waals surface area contributed by atoms with E-state index in [0.717, 1.165) is 38.0 Å². The van der Waals surface area contributed by atoms with Crippen molar-refractivity contribution in [2.45, 2.75) is 97.9 Å². The van der Waals surface area contributed by atoms with Gasteiger partial charge in [-0.05, 0) is 111 Å². The molecule has 2 nitrogen and oxygen atoms in total. The summed E-state index contributed by atoms with van der Waals surface area (Å²) in [6.45, 7) is 9.61. The maximum atomic E-state index is 2.75. The van der Waals surface area contributed by atoms with E-state index < -0.39 is 0 Å². The monoisotopic (exact) mass is 508 g/mol. The molecule has 0 radical (unpaired) electrons. The van der Waals surface area contributed by atoms with Crippen LogP contribution in [-0.4, -0.2) is 10.9 Å². The van der Waals surface area contributed by atoms with Crippen molar-refractivity contribution in [3.63, 3.8) is 0 Å². The highest BCUT2D eigenvalue weighted by molar-refractivity contribution is 5.61. The Morgan fingerprint density at radius 1 is 0.842 bits per heavy atom. The maximum absolute atomic E-state index is 2.75. The molecule has 0 amide bonds. The number of hydrogen-bond acceptors (Lipinski definition) is 2. The molecular formula is C36H48N2. The topological polar surface area (TPSA) is 6.48 Å². The zero-order chi connectivity index (χ0) is 26.5. The van der Waals surface area contributed by atoms with Crippen molar-refractivity contribution >= 4 is 5.69 Å². The Morgan fingerprint density at radius 2 is 1.58 bits per heavy atom. The molecule has 4 aliphatic rings. The summed E-state index contributed by atoms with van der Waals surface area (Å²) in [6.07, 6.45) is 31.5. The number of rotatable bonds is 8. The first kappa shape index (κ1) is 26.9. The van der Waals surface area contributed by atoms with Gasteiger partial charge in [0, 0.05) is 34.5 Å². The molecule has 38 heavy (non-hydrogen) atoms. The van der Waals surface area contributed by atoms with Crippen LogP contribution in [0.5, 0.6) is 0 Å². The van der Waals surface area contributed by atoms with Gasteiger partial charge in [-0.2, -0.15) is 0 Å². The standard InChI is InChI=1S/C36H48N2/c1-5-36(3,4)29-18-22-33(23-19-29)38(32-20-16-28(2)17-21-32)35-26-24-34(25-27-35)37(30-12-8-6-9-13-30)31-14-10-7-11-15-31/h6,8-10,12-15,18,22-24,26,28-29,32H,5,7,11,16-17,19-21,25,27H2,1-4H3. The van der Waals surface area contributed by atoms with Gasteiger partial charge in [-0.3, -0.25) is 0 Å². The van der Waals surface area contributed by atoms with Crippen molar-refractivity contribution in [3.05, 3.63) is 102 Å². The molecule has 0 heterocycles. The Morgan fingerprint density at radius 3 is 2.18 bits per heavy atom. The van der Waals surface area contributed by atoms with Gasteiger partial charge in [-0.1, -0.05) is 76.6 Å². The van der Waals surface area contributed by atoms with Crippen LogP contribution < -0.4 is 4.90 Å². The van der Waals surface area contributed by atoms with E-state index >= 15 is 0 Å². The second-order valence-corrected chi connectivity index (χ2v) is 12.6. The third-order valence-electron chi connectivity index (χ3n) is 9.57. The molecule has 1 atom stereocenters. The van der Waals surface area contributed by atoms with E-state index in [2.05, 4.69) is 116 Å². The lowest BCUT2D eigenvalue weighted by Crippen LogP contribution is -2.38. The summed E-state index contributed by atoms with van der Waals surface area (Å²) in [5, 5.41) is 0. The molecular weight excluding hydrogens is 460 g/mol. The van der Waals surface area contributed by atoms with Crippen molar-refractivity contribution in [1.29, 1.82) is 0 Å². The molecule has 0 aromatic heterocycles. The van der Waals surface area contributed by atoms with Crippen LogP contribution in [0, 0.1) is 17.3 Å². The molecule has 0 saturated heterocycles. The molecule has 0 spiro atoms. The zero-order valence-electron chi connectivity index (χ0n) is 24.2. The van der Waals surface area contributed by atoms with Gasteiger partial charge < -0.3 is 9.80 Å². The Balaban J connectivity index is 1.44. The molecule has 0 bridgehead atoms. The van der Waals surface area contributed by atoms with Crippen LogP contribution in [0.2, 0.25) is 0 Å². The third-order valence-corrected chi connectivity index (χ3v) is 9.57. The zero-order valence-corrected chi connectivity index (χ0v) is 24.2. The van der Waals surface area contributed by atoms with Crippen LogP contribution in [0.1, 0.15) is 91.9 Å². The normalized spacial score (nSPS) is 25.7. The lowest BCUT2D eigenvalue weighted by atomic mass is 9.73. The average molecular weight is 509 g/mol. The summed E-state index contributed by atoms with van der Waals surface area (Å²) in [7, 11) is 0. The highest BCUT2D eigenvalue weighted by Gasteiger charge is 2.32. The van der Waals surface area contributed by atoms with E-state index in [0.29, 0.717) is 17.4 Å². The fourth-order valence-corrected chi connectivity index (χ4v) is 6.57. The molecule has 1 aromatic carbocycles. The van der Waals surface area contributed by atoms with Crippen LogP contribution >= 0.6 is 0 Å². The van der Waals surface area contributed by atoms with Gasteiger partial charge >= 0.3 is 0 Å². The van der Waals surface area contributed by atoms with Crippen molar-refractivity contribution in [2.24, 2.45) is 17.3 Å². The summed E-state index contributed by atoms with van der Waals surface area (Å²) < 4.78 is 0. The smallest absolute Gasteiger partial charge is 0.0458 e. The predicted molar refractivity (Wildman–Crippen MR) is 163 cm³/mol. The van der Waals surface area contributed by atoms with E-state index in [1.165, 1.54) is 60.6 Å². The Hall–Kier alpha value is -2.74. The van der Waals surface area contributed by atoms with Crippen molar-refractivity contribution in [3.8, 4) is 0 Å². The summed E-state index contributed by atoms with van der Waals surface area (Å²) in [5.41, 5.74) is 7.26. The van der Waals surface area contributed by atoms with Crippen LogP contribution in [0.25, 0.3) is 0 Å². The summed E-state index contributed by atoms with van der Waals surface area (Å²) in [4.78, 5) is 5.23. The number of hydrogen-bond donors (Lipinski definition) is 0. The number of para-hydroxylation sites is 1. The summed E-state index contributed by atoms with van der Waals surface area (Å²) in [5.74, 6) is 1.49. The highest BCUT2D eigenvalue weighted by atomic mass is 15.2. The number of anilines is 1. The van der Waals surface area contributed by atoms with Gasteiger partial charge in [-0.15, -0.1) is 0 Å². The SMILES string of the molecule is CCC(C)(C)C1C=CC(N(C2=CC=C(N(C3=CCCC=C3)c3ccccc3)CC2)C2CCC(C)CC2)=CC1. The fourth-order valence-electron chi connectivity index (χ4n) is 6.57. The molecule has 5 rings (SSSR count). The minimum Gasteiger partial charge on any atom is -0.342 e. The first-order chi connectivity index (χ1) is 18.5. The molecule has 1 fully saturated rings. The Kier molecular flexibility index (Phi) is 8.46. The largest absolute Gasteiger partial charge is 0.342 e. The second kappa shape index (κ2) is 12.0. The molecule has 2 heteroatoms. The quantitative estimate of drug-likeness (QED) is 0.345. The molecule has 0 aliphatic heterocycles. The minimum atomic E-state index is 0.356. The van der Waals surface area contributed by atoms with E-state index in [9.17, 15) is 0 Å². The average Bonchev–Trinajstić information content (AvgIpc) is 2.97. The van der Waals surface area contributed by atoms with Crippen LogP contribution in [0.4, 0.5) is 5.69 Å². The van der Waals surface area contributed by atoms with Crippen LogP contribution in [-0.2, 0) is 0 Å². The maximum Gasteiger partial charge on any atom is 0.0458 e. The molecule has 4 aliphatic carbocycles. The molecule has 1 unspecified atom stereocenters. The predicted octanol–water partition coefficient (Wildman–Crippen LogP) is 10.1. The number of nitrogens with zero attached hydrogens (tertiary/aromatic N) is 2. The summed E-state index contributed by atoms with van der Waals surface area (Å²) >= 11 is 0. The van der Waals surface area contributed by atoms with Gasteiger partial charge in [0.15, 0.2) is 0 Å². The minimum absolute atomic E-state index is 0.356. The van der Waals surface area contributed by atoms with Gasteiger partial charge in [0.25, 0.3) is 0 Å². The summed E-state index contributed by atoms with van der Waals surface area (Å²) in [6, 6.07) is 11.5. The van der Waals surface area contributed by atoms with Crippen molar-refractivity contribution in [2.75, 3.05) is 4.90 Å². The van der Waals surface area contributed by atoms with Gasteiger partial charge in [0.2, 0.25) is 0 Å². The number of benzene rings is 1. The first-order valence-electron chi connectivity index (χ1n) is 15.3. The van der Waals surface area contributed by atoms with Crippen LogP contribution in [0.15, 0.2) is 102 Å². The fraction of sp³-hybridized carbons (Fsp3) is 0.500. The molecule has 1 saturated carbocycles. The molecule has 0 N–H and O–H groups in total. The lowest BCUT2D eigenvalue weighted by Gasteiger charge is -2.42. The second-order valence-electron chi connectivity index (χ2n) is 12.6. The highest BCUT2D eigenvalue weighted by Crippen LogP contribution is 2.41. The van der Waals surface area contributed by atoms with Crippen LogP contribution in [0.3, 0.4) is 0 Å². The van der Waals surface area contributed by atoms with E-state index in [-0.39, 0.29) is 0 Å². The van der Waals surface area contributed by atoms with E-state index in [4.69, 9.17) is 0 Å². The van der Waals surface area contributed by atoms with E-state index in [1.54, 1.807) is 0 Å². The Bertz CT molecular complexity index is 1140. The Labute approximate surface area is 232 Å². The number of allylic oxidation sites excluding steroid dienone is 10. The van der Waals surface area contributed by atoms with Gasteiger partial charge in [0.1, 0.15) is 0 Å². The van der Waals surface area contributed by atoms with Gasteiger partial charge in [-0.25, -0.2) is 0 Å². The van der Waals surface area contributed by atoms with Crippen molar-refractivity contribution in [1.82, 2.24) is 4.90 Å². The first-order valence-corrected chi connectivity index (χ1v) is 15.3.